The van der Waals surface area contributed by atoms with Crippen LogP contribution in [0, 0.1) is 0 Å². The van der Waals surface area contributed by atoms with Gasteiger partial charge in [-0.1, -0.05) is 17.7 Å². The van der Waals surface area contributed by atoms with Crippen LogP contribution in [0.25, 0.3) is 10.9 Å². The first-order chi connectivity index (χ1) is 11.8. The smallest absolute Gasteiger partial charge is 0.419 e. The predicted octanol–water partition coefficient (Wildman–Crippen LogP) is 5.45. The Bertz CT molecular complexity index is 844. The number of hydrogen-bond acceptors (Lipinski definition) is 4. The van der Waals surface area contributed by atoms with Gasteiger partial charge in [0.05, 0.1) is 16.2 Å². The van der Waals surface area contributed by atoms with E-state index in [0.717, 1.165) is 0 Å². The van der Waals surface area contributed by atoms with Gasteiger partial charge in [-0.05, 0) is 53.7 Å². The topological polar surface area (TPSA) is 60.8 Å². The molecule has 0 unspecified atom stereocenters. The van der Waals surface area contributed by atoms with Crippen LogP contribution in [-0.2, 0) is 9.47 Å². The van der Waals surface area contributed by atoms with Crippen LogP contribution in [0.4, 0.5) is 15.3 Å². The van der Waals surface area contributed by atoms with E-state index in [0.29, 0.717) is 21.6 Å². The molecule has 6 nitrogen and oxygen atoms in total. The highest BCUT2D eigenvalue weighted by molar-refractivity contribution is 6.37. The number of carbonyl (C=O) groups is 2. The molecule has 142 valence electrons. The van der Waals surface area contributed by atoms with Crippen LogP contribution in [0.1, 0.15) is 41.5 Å². The lowest BCUT2D eigenvalue weighted by Gasteiger charge is -2.25. The summed E-state index contributed by atoms with van der Waals surface area (Å²) in [6, 6.07) is 5.24. The summed E-state index contributed by atoms with van der Waals surface area (Å²) in [5.41, 5.74) is -0.155. The van der Waals surface area contributed by atoms with Crippen molar-refractivity contribution in [3.8, 4) is 0 Å². The van der Waals surface area contributed by atoms with E-state index in [-0.39, 0.29) is 0 Å². The minimum Gasteiger partial charge on any atom is -0.443 e. The van der Waals surface area contributed by atoms with Crippen molar-refractivity contribution in [3.05, 3.63) is 29.4 Å². The van der Waals surface area contributed by atoms with E-state index in [4.69, 9.17) is 21.1 Å². The zero-order valence-corrected chi connectivity index (χ0v) is 17.0. The summed E-state index contributed by atoms with van der Waals surface area (Å²) < 4.78 is 12.2. The molecule has 1 aromatic heterocycles. The number of fused-ring (bicyclic) bond motifs is 1. The molecule has 0 radical (unpaired) electrons. The number of rotatable bonds is 1. The molecule has 0 N–H and O–H groups in total. The molecule has 26 heavy (non-hydrogen) atoms. The molecular formula is C19H25ClN2O4. The Hall–Kier alpha value is -2.21. The summed E-state index contributed by atoms with van der Waals surface area (Å²) >= 11 is 6.37. The van der Waals surface area contributed by atoms with Crippen LogP contribution < -0.4 is 4.90 Å². The maximum Gasteiger partial charge on any atom is 0.419 e. The van der Waals surface area contributed by atoms with Crippen molar-refractivity contribution >= 4 is 40.4 Å². The third kappa shape index (κ3) is 4.49. The third-order valence-corrected chi connectivity index (χ3v) is 3.67. The number of anilines is 1. The largest absolute Gasteiger partial charge is 0.443 e. The monoisotopic (exact) mass is 380 g/mol. The molecule has 1 heterocycles. The standard InChI is InChI=1S/C19H25ClN2O4/c1-18(2,3)25-16(23)21(7)13-9-8-10-14-15(13)12(20)11-22(14)17(24)26-19(4,5)6/h8-11H,1-7H3. The lowest BCUT2D eigenvalue weighted by Crippen LogP contribution is -2.34. The first kappa shape index (κ1) is 20.1. The average Bonchev–Trinajstić information content (AvgIpc) is 2.80. The van der Waals surface area contributed by atoms with Crippen molar-refractivity contribution in [1.29, 1.82) is 0 Å². The Morgan fingerprint density at radius 1 is 1.04 bits per heavy atom. The fourth-order valence-electron chi connectivity index (χ4n) is 2.39. The number of carbonyl (C=O) groups excluding carboxylic acids is 2. The second-order valence-corrected chi connectivity index (χ2v) is 8.45. The van der Waals surface area contributed by atoms with Gasteiger partial charge in [0.25, 0.3) is 0 Å². The minimum atomic E-state index is -0.634. The predicted molar refractivity (Wildman–Crippen MR) is 103 cm³/mol. The van der Waals surface area contributed by atoms with E-state index < -0.39 is 23.4 Å². The van der Waals surface area contributed by atoms with Crippen molar-refractivity contribution < 1.29 is 19.1 Å². The van der Waals surface area contributed by atoms with Gasteiger partial charge in [-0.15, -0.1) is 0 Å². The van der Waals surface area contributed by atoms with Crippen molar-refractivity contribution in [3.63, 3.8) is 0 Å². The highest BCUT2D eigenvalue weighted by atomic mass is 35.5. The Morgan fingerprint density at radius 2 is 1.62 bits per heavy atom. The number of nitrogens with zero attached hydrogens (tertiary/aromatic N) is 2. The first-order valence-electron chi connectivity index (χ1n) is 8.30. The van der Waals surface area contributed by atoms with E-state index in [1.54, 1.807) is 66.8 Å². The normalized spacial score (nSPS) is 12.2. The number of aromatic nitrogens is 1. The van der Waals surface area contributed by atoms with Crippen molar-refractivity contribution in [1.82, 2.24) is 4.57 Å². The quantitative estimate of drug-likeness (QED) is 0.660. The summed E-state index contributed by atoms with van der Waals surface area (Å²) in [5.74, 6) is 0. The number of benzene rings is 1. The number of ether oxygens (including phenoxy) is 2. The van der Waals surface area contributed by atoms with Gasteiger partial charge in [0.2, 0.25) is 0 Å². The fraction of sp³-hybridized carbons (Fsp3) is 0.474. The van der Waals surface area contributed by atoms with Gasteiger partial charge in [0.15, 0.2) is 0 Å². The SMILES string of the molecule is CN(C(=O)OC(C)(C)C)c1cccc2c1c(Cl)cn2C(=O)OC(C)(C)C. The zero-order valence-electron chi connectivity index (χ0n) is 16.2. The first-order valence-corrected chi connectivity index (χ1v) is 8.67. The molecule has 0 fully saturated rings. The van der Waals surface area contributed by atoms with E-state index in [2.05, 4.69) is 0 Å². The van der Waals surface area contributed by atoms with Crippen LogP contribution in [0.15, 0.2) is 24.4 Å². The van der Waals surface area contributed by atoms with Gasteiger partial charge in [0, 0.05) is 18.6 Å². The van der Waals surface area contributed by atoms with E-state index in [9.17, 15) is 9.59 Å². The summed E-state index contributed by atoms with van der Waals surface area (Å²) in [5, 5.41) is 0.922. The highest BCUT2D eigenvalue weighted by Gasteiger charge is 2.25. The third-order valence-electron chi connectivity index (χ3n) is 3.38. The second kappa shape index (κ2) is 6.83. The molecule has 7 heteroatoms. The molecule has 0 saturated heterocycles. The molecule has 0 aliphatic rings. The van der Waals surface area contributed by atoms with Crippen LogP contribution in [-0.4, -0.2) is 35.0 Å². The number of amides is 1. The summed E-state index contributed by atoms with van der Waals surface area (Å²) in [4.78, 5) is 26.2. The lowest BCUT2D eigenvalue weighted by molar-refractivity contribution is 0.0542. The zero-order chi connectivity index (χ0) is 19.9. The maximum absolute atomic E-state index is 12.5. The molecule has 0 aliphatic heterocycles. The lowest BCUT2D eigenvalue weighted by atomic mass is 10.2. The summed E-state index contributed by atoms with van der Waals surface area (Å²) in [6.07, 6.45) is 0.449. The summed E-state index contributed by atoms with van der Waals surface area (Å²) in [7, 11) is 1.60. The molecule has 2 rings (SSSR count). The van der Waals surface area contributed by atoms with Crippen molar-refractivity contribution in [2.75, 3.05) is 11.9 Å². The van der Waals surface area contributed by atoms with Gasteiger partial charge < -0.3 is 9.47 Å². The van der Waals surface area contributed by atoms with Gasteiger partial charge in [-0.3, -0.25) is 9.47 Å². The molecule has 2 aromatic rings. The minimum absolute atomic E-state index is 0.344. The Balaban J connectivity index is 2.48. The van der Waals surface area contributed by atoms with E-state index in [1.165, 1.54) is 15.7 Å². The van der Waals surface area contributed by atoms with Crippen LogP contribution >= 0.6 is 11.6 Å². The van der Waals surface area contributed by atoms with Crippen LogP contribution in [0.2, 0.25) is 5.02 Å². The molecule has 0 spiro atoms. The molecular weight excluding hydrogens is 356 g/mol. The summed E-state index contributed by atoms with van der Waals surface area (Å²) in [6.45, 7) is 10.8. The maximum atomic E-state index is 12.5. The Labute approximate surface area is 158 Å². The number of hydrogen-bond donors (Lipinski definition) is 0. The molecule has 0 atom stereocenters. The highest BCUT2D eigenvalue weighted by Crippen LogP contribution is 2.35. The van der Waals surface area contributed by atoms with Crippen molar-refractivity contribution in [2.45, 2.75) is 52.7 Å². The Kier molecular flexibility index (Phi) is 5.29. The number of halogens is 1. The second-order valence-electron chi connectivity index (χ2n) is 8.04. The van der Waals surface area contributed by atoms with Gasteiger partial charge in [0.1, 0.15) is 11.2 Å². The van der Waals surface area contributed by atoms with Crippen LogP contribution in [0.5, 0.6) is 0 Å². The molecule has 0 bridgehead atoms. The van der Waals surface area contributed by atoms with Gasteiger partial charge in [-0.25, -0.2) is 9.59 Å². The van der Waals surface area contributed by atoms with Crippen LogP contribution in [0.3, 0.4) is 0 Å². The van der Waals surface area contributed by atoms with E-state index >= 15 is 0 Å². The van der Waals surface area contributed by atoms with Crippen molar-refractivity contribution in [2.24, 2.45) is 0 Å². The average molecular weight is 381 g/mol. The molecule has 0 saturated carbocycles. The molecule has 0 aliphatic carbocycles. The van der Waals surface area contributed by atoms with Gasteiger partial charge >= 0.3 is 12.2 Å². The molecule has 1 aromatic carbocycles. The van der Waals surface area contributed by atoms with Gasteiger partial charge in [-0.2, -0.15) is 0 Å². The van der Waals surface area contributed by atoms with E-state index in [1.807, 2.05) is 0 Å². The molecule has 1 amide bonds. The fourth-order valence-corrected chi connectivity index (χ4v) is 2.68. The Morgan fingerprint density at radius 3 is 2.15 bits per heavy atom.